The fraction of sp³-hybridized carbons (Fsp3) is 0.833. The van der Waals surface area contributed by atoms with Crippen molar-refractivity contribution in [1.82, 2.24) is 10.2 Å². The van der Waals surface area contributed by atoms with E-state index in [0.29, 0.717) is 13.0 Å². The van der Waals surface area contributed by atoms with Gasteiger partial charge in [0.25, 0.3) is 0 Å². The van der Waals surface area contributed by atoms with Crippen molar-refractivity contribution < 1.29 is 10.0 Å². The molecule has 1 aliphatic heterocycles. The highest BCUT2D eigenvalue weighted by molar-refractivity contribution is 5.81. The van der Waals surface area contributed by atoms with E-state index in [9.17, 15) is 4.79 Å². The van der Waals surface area contributed by atoms with Gasteiger partial charge in [-0.25, -0.2) is 0 Å². The SMILES string of the molecule is CCCCC(=O)NC1CCN(C/C(N)=N/O)CC1. The van der Waals surface area contributed by atoms with E-state index in [1.807, 2.05) is 0 Å². The smallest absolute Gasteiger partial charge is 0.220 e. The first-order valence-electron chi connectivity index (χ1n) is 6.63. The second kappa shape index (κ2) is 7.92. The molecule has 6 nitrogen and oxygen atoms in total. The van der Waals surface area contributed by atoms with E-state index in [2.05, 4.69) is 22.3 Å². The molecule has 0 spiro atoms. The Morgan fingerprint density at radius 2 is 2.17 bits per heavy atom. The fourth-order valence-electron chi connectivity index (χ4n) is 2.13. The molecule has 0 aliphatic carbocycles. The van der Waals surface area contributed by atoms with Crippen molar-refractivity contribution in [3.8, 4) is 0 Å². The summed E-state index contributed by atoms with van der Waals surface area (Å²) in [5, 5.41) is 14.5. The summed E-state index contributed by atoms with van der Waals surface area (Å²) in [6.07, 6.45) is 4.48. The van der Waals surface area contributed by atoms with Crippen LogP contribution in [0.15, 0.2) is 5.16 Å². The maximum Gasteiger partial charge on any atom is 0.220 e. The monoisotopic (exact) mass is 256 g/mol. The van der Waals surface area contributed by atoms with Crippen LogP contribution in [0.1, 0.15) is 39.0 Å². The molecule has 1 aliphatic rings. The van der Waals surface area contributed by atoms with Crippen molar-refractivity contribution in [3.05, 3.63) is 0 Å². The average Bonchev–Trinajstić information content (AvgIpc) is 2.38. The zero-order chi connectivity index (χ0) is 13.4. The van der Waals surface area contributed by atoms with E-state index in [4.69, 9.17) is 10.9 Å². The number of nitrogens with one attached hydrogen (secondary N) is 1. The highest BCUT2D eigenvalue weighted by Crippen LogP contribution is 2.10. The van der Waals surface area contributed by atoms with E-state index < -0.39 is 0 Å². The Morgan fingerprint density at radius 3 is 2.72 bits per heavy atom. The molecule has 0 aromatic heterocycles. The summed E-state index contributed by atoms with van der Waals surface area (Å²) in [6, 6.07) is 0.276. The van der Waals surface area contributed by atoms with Gasteiger partial charge in [-0.2, -0.15) is 0 Å². The number of carbonyl (C=O) groups excluding carboxylic acids is 1. The Hall–Kier alpha value is -1.30. The van der Waals surface area contributed by atoms with Crippen molar-refractivity contribution in [2.45, 2.75) is 45.1 Å². The van der Waals surface area contributed by atoms with Crippen LogP contribution in [-0.4, -0.2) is 47.5 Å². The van der Waals surface area contributed by atoms with Crippen molar-refractivity contribution in [3.63, 3.8) is 0 Å². The quantitative estimate of drug-likeness (QED) is 0.279. The number of unbranched alkanes of at least 4 members (excludes halogenated alkanes) is 1. The van der Waals surface area contributed by atoms with E-state index in [1.165, 1.54) is 0 Å². The highest BCUT2D eigenvalue weighted by Gasteiger charge is 2.20. The number of nitrogens with two attached hydrogens (primary N) is 1. The van der Waals surface area contributed by atoms with Crippen LogP contribution in [0.2, 0.25) is 0 Å². The molecule has 0 aromatic carbocycles. The third-order valence-electron chi connectivity index (χ3n) is 3.22. The van der Waals surface area contributed by atoms with E-state index in [-0.39, 0.29) is 17.8 Å². The predicted molar refractivity (Wildman–Crippen MR) is 70.5 cm³/mol. The zero-order valence-corrected chi connectivity index (χ0v) is 11.1. The van der Waals surface area contributed by atoms with Gasteiger partial charge < -0.3 is 16.3 Å². The number of rotatable bonds is 6. The molecule has 1 saturated heterocycles. The van der Waals surface area contributed by atoms with Crippen molar-refractivity contribution in [2.75, 3.05) is 19.6 Å². The van der Waals surface area contributed by atoms with Crippen LogP contribution in [0.25, 0.3) is 0 Å². The normalized spacial score (nSPS) is 18.8. The second-order valence-corrected chi connectivity index (χ2v) is 4.81. The number of piperidine rings is 1. The molecule has 0 bridgehead atoms. The minimum Gasteiger partial charge on any atom is -0.409 e. The van der Waals surface area contributed by atoms with Gasteiger partial charge in [-0.3, -0.25) is 9.69 Å². The molecule has 1 heterocycles. The summed E-state index contributed by atoms with van der Waals surface area (Å²) < 4.78 is 0. The van der Waals surface area contributed by atoms with Gasteiger partial charge in [0, 0.05) is 25.6 Å². The molecule has 0 atom stereocenters. The Labute approximate surface area is 108 Å². The lowest BCUT2D eigenvalue weighted by molar-refractivity contribution is -0.122. The molecule has 6 heteroatoms. The number of amidine groups is 1. The van der Waals surface area contributed by atoms with Gasteiger partial charge in [0.05, 0.1) is 6.54 Å². The fourth-order valence-corrected chi connectivity index (χ4v) is 2.13. The first-order chi connectivity index (χ1) is 8.65. The highest BCUT2D eigenvalue weighted by atomic mass is 16.4. The number of likely N-dealkylation sites (tertiary alicyclic amines) is 1. The Morgan fingerprint density at radius 1 is 1.50 bits per heavy atom. The van der Waals surface area contributed by atoms with Crippen molar-refractivity contribution in [1.29, 1.82) is 0 Å². The minimum absolute atomic E-state index is 0.159. The maximum atomic E-state index is 11.6. The Kier molecular flexibility index (Phi) is 6.49. The van der Waals surface area contributed by atoms with E-state index in [1.54, 1.807) is 0 Å². The lowest BCUT2D eigenvalue weighted by Crippen LogP contribution is -2.46. The number of carbonyl (C=O) groups is 1. The summed E-state index contributed by atoms with van der Waals surface area (Å²) in [5.74, 6) is 0.396. The van der Waals surface area contributed by atoms with Crippen LogP contribution in [0.4, 0.5) is 0 Å². The summed E-state index contributed by atoms with van der Waals surface area (Å²) in [5.41, 5.74) is 5.46. The van der Waals surface area contributed by atoms with E-state index >= 15 is 0 Å². The number of nitrogens with zero attached hydrogens (tertiary/aromatic N) is 2. The van der Waals surface area contributed by atoms with Crippen LogP contribution >= 0.6 is 0 Å². The molecule has 0 unspecified atom stereocenters. The van der Waals surface area contributed by atoms with Crippen LogP contribution < -0.4 is 11.1 Å². The van der Waals surface area contributed by atoms with E-state index in [0.717, 1.165) is 38.8 Å². The maximum absolute atomic E-state index is 11.6. The number of amides is 1. The standard InChI is InChI=1S/C12H24N4O2/c1-2-3-4-12(17)14-10-5-7-16(8-6-10)9-11(13)15-18/h10,18H,2-9H2,1H3,(H2,13,15)(H,14,17). The lowest BCUT2D eigenvalue weighted by atomic mass is 10.0. The van der Waals surface area contributed by atoms with Crippen LogP contribution in [0, 0.1) is 0 Å². The summed E-state index contributed by atoms with van der Waals surface area (Å²) in [7, 11) is 0. The number of hydrogen-bond donors (Lipinski definition) is 3. The summed E-state index contributed by atoms with van der Waals surface area (Å²) in [4.78, 5) is 13.7. The molecule has 0 radical (unpaired) electrons. The van der Waals surface area contributed by atoms with Gasteiger partial charge in [0.15, 0.2) is 5.84 Å². The average molecular weight is 256 g/mol. The van der Waals surface area contributed by atoms with Gasteiger partial charge >= 0.3 is 0 Å². The number of hydrogen-bond acceptors (Lipinski definition) is 4. The molecule has 0 aromatic rings. The summed E-state index contributed by atoms with van der Waals surface area (Å²) in [6.45, 7) is 4.32. The molecule has 4 N–H and O–H groups in total. The largest absolute Gasteiger partial charge is 0.409 e. The topological polar surface area (TPSA) is 91.0 Å². The molecular formula is C12H24N4O2. The minimum atomic E-state index is 0.159. The lowest BCUT2D eigenvalue weighted by Gasteiger charge is -2.31. The number of oxime groups is 1. The van der Waals surface area contributed by atoms with Gasteiger partial charge in [0.2, 0.25) is 5.91 Å². The summed E-state index contributed by atoms with van der Waals surface area (Å²) >= 11 is 0. The zero-order valence-electron chi connectivity index (χ0n) is 11.1. The van der Waals surface area contributed by atoms with Crippen LogP contribution in [0.5, 0.6) is 0 Å². The van der Waals surface area contributed by atoms with Gasteiger partial charge in [0.1, 0.15) is 0 Å². The first-order valence-corrected chi connectivity index (χ1v) is 6.63. The Balaban J connectivity index is 2.21. The molecule has 104 valence electrons. The van der Waals surface area contributed by atoms with Gasteiger partial charge in [-0.05, 0) is 19.3 Å². The molecule has 1 fully saturated rings. The van der Waals surface area contributed by atoms with Gasteiger partial charge in [-0.15, -0.1) is 0 Å². The molecular weight excluding hydrogens is 232 g/mol. The van der Waals surface area contributed by atoms with Crippen LogP contribution in [-0.2, 0) is 4.79 Å². The van der Waals surface area contributed by atoms with Crippen molar-refractivity contribution in [2.24, 2.45) is 10.9 Å². The molecule has 0 saturated carbocycles. The third kappa shape index (κ3) is 5.35. The second-order valence-electron chi connectivity index (χ2n) is 4.81. The van der Waals surface area contributed by atoms with Gasteiger partial charge in [-0.1, -0.05) is 18.5 Å². The predicted octanol–water partition coefficient (Wildman–Crippen LogP) is 0.504. The molecule has 1 rings (SSSR count). The van der Waals surface area contributed by atoms with Crippen LogP contribution in [0.3, 0.4) is 0 Å². The van der Waals surface area contributed by atoms with Crippen molar-refractivity contribution >= 4 is 11.7 Å². The molecule has 1 amide bonds. The Bertz CT molecular complexity index is 286. The molecule has 18 heavy (non-hydrogen) atoms. The third-order valence-corrected chi connectivity index (χ3v) is 3.22. The first kappa shape index (κ1) is 14.8.